The van der Waals surface area contributed by atoms with E-state index in [4.69, 9.17) is 10.5 Å². The lowest BCUT2D eigenvalue weighted by Gasteiger charge is -2.43. The third-order valence-corrected chi connectivity index (χ3v) is 4.02. The van der Waals surface area contributed by atoms with Gasteiger partial charge >= 0.3 is 0 Å². The van der Waals surface area contributed by atoms with Gasteiger partial charge in [0.25, 0.3) is 0 Å². The molecule has 1 heterocycles. The van der Waals surface area contributed by atoms with Crippen molar-refractivity contribution in [3.8, 4) is 0 Å². The molecule has 1 atom stereocenters. The van der Waals surface area contributed by atoms with Crippen LogP contribution in [-0.4, -0.2) is 44.2 Å². The Morgan fingerprint density at radius 1 is 1.56 bits per heavy atom. The zero-order chi connectivity index (χ0) is 11.6. The first-order chi connectivity index (χ1) is 7.69. The fourth-order valence-corrected chi connectivity index (χ4v) is 2.90. The molecule has 1 amide bonds. The summed E-state index contributed by atoms with van der Waals surface area (Å²) in [5, 5.41) is 0. The van der Waals surface area contributed by atoms with Crippen LogP contribution in [0.25, 0.3) is 0 Å². The van der Waals surface area contributed by atoms with Gasteiger partial charge in [0.15, 0.2) is 0 Å². The summed E-state index contributed by atoms with van der Waals surface area (Å²) in [5.41, 5.74) is 5.87. The Kier molecular flexibility index (Phi) is 3.50. The molecule has 1 saturated heterocycles. The molecule has 0 radical (unpaired) electrons. The fraction of sp³-hybridized carbons (Fsp3) is 0.917. The predicted molar refractivity (Wildman–Crippen MR) is 61.9 cm³/mol. The predicted octanol–water partition coefficient (Wildman–Crippen LogP) is 0.610. The summed E-state index contributed by atoms with van der Waals surface area (Å²) >= 11 is 0. The van der Waals surface area contributed by atoms with Crippen LogP contribution in [0.2, 0.25) is 0 Å². The molecule has 1 aliphatic heterocycles. The fourth-order valence-electron chi connectivity index (χ4n) is 2.90. The van der Waals surface area contributed by atoms with E-state index in [1.807, 2.05) is 4.90 Å². The molecule has 2 fully saturated rings. The van der Waals surface area contributed by atoms with Gasteiger partial charge in [0, 0.05) is 32.0 Å². The Labute approximate surface area is 97.1 Å². The van der Waals surface area contributed by atoms with Gasteiger partial charge in [0.05, 0.1) is 6.61 Å². The Hall–Kier alpha value is -0.610. The van der Waals surface area contributed by atoms with E-state index in [-0.39, 0.29) is 11.3 Å². The number of ether oxygens (including phenoxy) is 1. The van der Waals surface area contributed by atoms with Gasteiger partial charge in [-0.2, -0.15) is 0 Å². The van der Waals surface area contributed by atoms with E-state index in [9.17, 15) is 4.79 Å². The molecule has 0 bridgehead atoms. The minimum Gasteiger partial charge on any atom is -0.384 e. The van der Waals surface area contributed by atoms with Crippen molar-refractivity contribution >= 4 is 5.91 Å². The summed E-state index contributed by atoms with van der Waals surface area (Å²) in [4.78, 5) is 13.8. The van der Waals surface area contributed by atoms with Gasteiger partial charge < -0.3 is 15.4 Å². The number of carbonyl (C=O) groups is 1. The second-order valence-electron chi connectivity index (χ2n) is 5.37. The van der Waals surface area contributed by atoms with Crippen LogP contribution >= 0.6 is 0 Å². The number of amides is 1. The lowest BCUT2D eigenvalue weighted by molar-refractivity contribution is -0.131. The summed E-state index contributed by atoms with van der Waals surface area (Å²) in [6, 6.07) is 0. The second-order valence-corrected chi connectivity index (χ2v) is 5.37. The van der Waals surface area contributed by atoms with Gasteiger partial charge in [-0.05, 0) is 25.3 Å². The van der Waals surface area contributed by atoms with E-state index in [0.717, 1.165) is 19.7 Å². The third kappa shape index (κ3) is 2.23. The molecule has 2 rings (SSSR count). The quantitative estimate of drug-likeness (QED) is 0.747. The van der Waals surface area contributed by atoms with Crippen molar-refractivity contribution < 1.29 is 9.53 Å². The first-order valence-corrected chi connectivity index (χ1v) is 6.16. The topological polar surface area (TPSA) is 55.6 Å². The number of nitrogens with zero attached hydrogens (tertiary/aromatic N) is 1. The molecule has 92 valence electrons. The minimum absolute atomic E-state index is 0.244. The van der Waals surface area contributed by atoms with Gasteiger partial charge in [-0.25, -0.2) is 0 Å². The Balaban J connectivity index is 1.91. The second kappa shape index (κ2) is 4.72. The maximum atomic E-state index is 11.8. The molecule has 4 heteroatoms. The van der Waals surface area contributed by atoms with Gasteiger partial charge in [0.1, 0.15) is 0 Å². The summed E-state index contributed by atoms with van der Waals surface area (Å²) in [7, 11) is 1.74. The largest absolute Gasteiger partial charge is 0.384 e. The Morgan fingerprint density at radius 2 is 2.31 bits per heavy atom. The van der Waals surface area contributed by atoms with Crippen LogP contribution in [0.3, 0.4) is 0 Å². The van der Waals surface area contributed by atoms with Crippen LogP contribution in [0, 0.1) is 11.3 Å². The molecule has 1 unspecified atom stereocenters. The van der Waals surface area contributed by atoms with Crippen molar-refractivity contribution in [3.63, 3.8) is 0 Å². The maximum absolute atomic E-state index is 11.8. The SMILES string of the molecule is COCC1(CN2CC(CN)CC2=O)CCC1. The molecule has 1 saturated carbocycles. The number of rotatable bonds is 5. The van der Waals surface area contributed by atoms with Crippen molar-refractivity contribution in [3.05, 3.63) is 0 Å². The highest BCUT2D eigenvalue weighted by Crippen LogP contribution is 2.42. The monoisotopic (exact) mass is 226 g/mol. The van der Waals surface area contributed by atoms with Crippen LogP contribution in [0.5, 0.6) is 0 Å². The highest BCUT2D eigenvalue weighted by molar-refractivity contribution is 5.78. The van der Waals surface area contributed by atoms with Crippen molar-refractivity contribution in [1.82, 2.24) is 4.90 Å². The maximum Gasteiger partial charge on any atom is 0.222 e. The third-order valence-electron chi connectivity index (χ3n) is 4.02. The molecule has 0 aromatic carbocycles. The molecule has 4 nitrogen and oxygen atoms in total. The zero-order valence-corrected chi connectivity index (χ0v) is 10.1. The molecule has 16 heavy (non-hydrogen) atoms. The average molecular weight is 226 g/mol. The van der Waals surface area contributed by atoms with E-state index in [1.54, 1.807) is 7.11 Å². The van der Waals surface area contributed by atoms with Crippen LogP contribution in [0.15, 0.2) is 0 Å². The summed E-state index contributed by atoms with van der Waals surface area (Å²) < 4.78 is 5.29. The van der Waals surface area contributed by atoms with Crippen LogP contribution in [-0.2, 0) is 9.53 Å². The van der Waals surface area contributed by atoms with Gasteiger partial charge in [0.2, 0.25) is 5.91 Å². The minimum atomic E-state index is 0.244. The first kappa shape index (κ1) is 11.9. The number of nitrogens with two attached hydrogens (primary N) is 1. The lowest BCUT2D eigenvalue weighted by Crippen LogP contribution is -2.45. The summed E-state index contributed by atoms with van der Waals surface area (Å²) in [5.74, 6) is 0.644. The van der Waals surface area contributed by atoms with E-state index in [0.29, 0.717) is 18.9 Å². The van der Waals surface area contributed by atoms with Crippen molar-refractivity contribution in [1.29, 1.82) is 0 Å². The average Bonchev–Trinajstić information content (AvgIpc) is 2.56. The highest BCUT2D eigenvalue weighted by Gasteiger charge is 2.41. The number of hydrogen-bond acceptors (Lipinski definition) is 3. The smallest absolute Gasteiger partial charge is 0.222 e. The highest BCUT2D eigenvalue weighted by atomic mass is 16.5. The number of hydrogen-bond donors (Lipinski definition) is 1. The first-order valence-electron chi connectivity index (χ1n) is 6.16. The normalized spacial score (nSPS) is 28.2. The van der Waals surface area contributed by atoms with Gasteiger partial charge in [-0.1, -0.05) is 6.42 Å². The molecule has 0 spiro atoms. The van der Waals surface area contributed by atoms with E-state index in [2.05, 4.69) is 0 Å². The van der Waals surface area contributed by atoms with Crippen LogP contribution in [0.4, 0.5) is 0 Å². The van der Waals surface area contributed by atoms with Crippen molar-refractivity contribution in [2.45, 2.75) is 25.7 Å². The summed E-state index contributed by atoms with van der Waals surface area (Å²) in [6.07, 6.45) is 4.29. The van der Waals surface area contributed by atoms with Crippen molar-refractivity contribution in [2.24, 2.45) is 17.1 Å². The van der Waals surface area contributed by atoms with Crippen molar-refractivity contribution in [2.75, 3.05) is 33.4 Å². The molecular formula is C12H22N2O2. The van der Waals surface area contributed by atoms with Gasteiger partial charge in [-0.3, -0.25) is 4.79 Å². The molecule has 0 aromatic rings. The Bertz CT molecular complexity index is 264. The van der Waals surface area contributed by atoms with E-state index in [1.165, 1.54) is 19.3 Å². The number of carbonyl (C=O) groups excluding carboxylic acids is 1. The van der Waals surface area contributed by atoms with Gasteiger partial charge in [-0.15, -0.1) is 0 Å². The number of likely N-dealkylation sites (tertiary alicyclic amines) is 1. The standard InChI is InChI=1S/C12H22N2O2/c1-16-9-12(3-2-4-12)8-14-7-10(6-13)5-11(14)15/h10H,2-9,13H2,1H3. The molecule has 1 aliphatic carbocycles. The number of methoxy groups -OCH3 is 1. The summed E-state index contributed by atoms with van der Waals surface area (Å²) in [6.45, 7) is 3.13. The van der Waals surface area contributed by atoms with E-state index < -0.39 is 0 Å². The Morgan fingerprint density at radius 3 is 2.75 bits per heavy atom. The molecule has 0 aromatic heterocycles. The molecular weight excluding hydrogens is 204 g/mol. The lowest BCUT2D eigenvalue weighted by atomic mass is 9.69. The zero-order valence-electron chi connectivity index (χ0n) is 10.1. The van der Waals surface area contributed by atoms with Crippen LogP contribution in [0.1, 0.15) is 25.7 Å². The molecule has 2 N–H and O–H groups in total. The van der Waals surface area contributed by atoms with E-state index >= 15 is 0 Å². The molecule has 2 aliphatic rings. The van der Waals surface area contributed by atoms with Crippen LogP contribution < -0.4 is 5.73 Å².